The summed E-state index contributed by atoms with van der Waals surface area (Å²) in [5, 5.41) is 15.1. The lowest BCUT2D eigenvalue weighted by Crippen LogP contribution is -2.27. The molecule has 5 rings (SSSR count). The molecule has 1 aliphatic carbocycles. The number of aromatic carboxylic acids is 1. The molecule has 1 N–H and O–H groups in total. The second-order valence-electron chi connectivity index (χ2n) is 7.49. The number of hydrogen-bond donors (Lipinski definition) is 1. The van der Waals surface area contributed by atoms with Gasteiger partial charge in [-0.25, -0.2) is 4.79 Å². The maximum atomic E-state index is 13.5. The fourth-order valence-corrected chi connectivity index (χ4v) is 4.60. The van der Waals surface area contributed by atoms with Gasteiger partial charge < -0.3 is 5.11 Å². The van der Waals surface area contributed by atoms with Gasteiger partial charge in [0.25, 0.3) is 0 Å². The number of carbonyl (C=O) groups excluding carboxylic acids is 1. The number of rotatable bonds is 3. The molecule has 0 fully saturated rings. The highest BCUT2D eigenvalue weighted by Gasteiger charge is 2.28. The van der Waals surface area contributed by atoms with E-state index < -0.39 is 5.97 Å². The zero-order valence-electron chi connectivity index (χ0n) is 15.4. The van der Waals surface area contributed by atoms with Crippen molar-refractivity contribution in [3.63, 3.8) is 0 Å². The lowest BCUT2D eigenvalue weighted by Gasteiger charge is -2.24. The summed E-state index contributed by atoms with van der Waals surface area (Å²) in [5.74, 6) is -1.25. The van der Waals surface area contributed by atoms with E-state index in [4.69, 9.17) is 0 Å². The predicted molar refractivity (Wildman–Crippen MR) is 111 cm³/mol. The first kappa shape index (κ1) is 16.7. The van der Waals surface area contributed by atoms with E-state index in [-0.39, 0.29) is 22.8 Å². The largest absolute Gasteiger partial charge is 0.478 e. The van der Waals surface area contributed by atoms with Crippen molar-refractivity contribution >= 4 is 38.9 Å². The summed E-state index contributed by atoms with van der Waals surface area (Å²) < 4.78 is 0. The molecule has 4 aromatic rings. The standard InChI is InChI=1S/C25H18O3/c1-14-13-17-10-9-15-5-4-6-16-11-12-20(23(17)22(15)16)21(14)24(26)18-7-2-3-8-19(18)25(27)28/h2-12,14H,13H2,1H3,(H,27,28). The molecule has 0 amide bonds. The quantitative estimate of drug-likeness (QED) is 0.538. The van der Waals surface area contributed by atoms with Crippen molar-refractivity contribution in [1.29, 1.82) is 0 Å². The van der Waals surface area contributed by atoms with E-state index in [2.05, 4.69) is 30.3 Å². The maximum Gasteiger partial charge on any atom is 0.336 e. The summed E-state index contributed by atoms with van der Waals surface area (Å²) in [6, 6.07) is 21.1. The molecule has 0 heterocycles. The van der Waals surface area contributed by atoms with Crippen LogP contribution in [0.1, 0.15) is 33.2 Å². The molecule has 3 heteroatoms. The molecule has 4 aromatic carbocycles. The minimum absolute atomic E-state index is 0.0178. The fraction of sp³-hybridized carbons (Fsp3) is 0.120. The Bertz CT molecular complexity index is 1330. The van der Waals surface area contributed by atoms with Crippen LogP contribution in [0.3, 0.4) is 0 Å². The Morgan fingerprint density at radius 1 is 0.821 bits per heavy atom. The maximum absolute atomic E-state index is 13.5. The molecular formula is C25H18O3. The van der Waals surface area contributed by atoms with Crippen LogP contribution in [0.15, 0.2) is 66.7 Å². The topological polar surface area (TPSA) is 54.4 Å². The number of ketones is 1. The summed E-state index contributed by atoms with van der Waals surface area (Å²) >= 11 is 0. The van der Waals surface area contributed by atoms with Gasteiger partial charge in [-0.05, 0) is 50.7 Å². The molecule has 1 unspecified atom stereocenters. The number of Topliss-reactive ketones (excluding diaryl/α,β-unsaturated/α-hetero) is 1. The van der Waals surface area contributed by atoms with Crippen molar-refractivity contribution < 1.29 is 14.7 Å². The van der Waals surface area contributed by atoms with Crippen LogP contribution in [0.5, 0.6) is 0 Å². The van der Waals surface area contributed by atoms with Gasteiger partial charge in [0.15, 0.2) is 5.78 Å². The van der Waals surface area contributed by atoms with E-state index >= 15 is 0 Å². The van der Waals surface area contributed by atoms with E-state index in [9.17, 15) is 14.7 Å². The molecule has 3 nitrogen and oxygen atoms in total. The van der Waals surface area contributed by atoms with E-state index in [0.29, 0.717) is 5.57 Å². The third-order valence-electron chi connectivity index (χ3n) is 5.82. The lowest BCUT2D eigenvalue weighted by atomic mass is 9.78. The highest BCUT2D eigenvalue weighted by atomic mass is 16.4. The van der Waals surface area contributed by atoms with Gasteiger partial charge in [0.05, 0.1) is 5.56 Å². The third-order valence-corrected chi connectivity index (χ3v) is 5.82. The Morgan fingerprint density at radius 3 is 2.21 bits per heavy atom. The molecule has 0 saturated heterocycles. The van der Waals surface area contributed by atoms with Crippen LogP contribution in [0.2, 0.25) is 0 Å². The molecule has 0 radical (unpaired) electrons. The summed E-state index contributed by atoms with van der Waals surface area (Å²) in [6.45, 7) is 2.05. The molecule has 136 valence electrons. The van der Waals surface area contributed by atoms with Crippen LogP contribution >= 0.6 is 0 Å². The summed E-state index contributed by atoms with van der Waals surface area (Å²) in [5.41, 5.74) is 2.26. The Labute approximate surface area is 161 Å². The van der Waals surface area contributed by atoms with Crippen LogP contribution in [0.4, 0.5) is 0 Å². The minimum Gasteiger partial charge on any atom is -0.478 e. The van der Waals surface area contributed by atoms with E-state index in [1.807, 2.05) is 19.1 Å². The first-order valence-electron chi connectivity index (χ1n) is 9.40. The smallest absolute Gasteiger partial charge is 0.336 e. The van der Waals surface area contributed by atoms with Gasteiger partial charge in [0, 0.05) is 11.1 Å². The molecule has 28 heavy (non-hydrogen) atoms. The van der Waals surface area contributed by atoms with Gasteiger partial charge in [-0.15, -0.1) is 0 Å². The Balaban J connectivity index is 1.89. The average Bonchev–Trinajstić information content (AvgIpc) is 2.71. The SMILES string of the molecule is CC1Cc2ccc3cccc4ccc(c2c34)=C1C(=O)c1ccccc1C(=O)O. The Kier molecular flexibility index (Phi) is 3.59. The zero-order chi connectivity index (χ0) is 19.4. The van der Waals surface area contributed by atoms with E-state index in [1.165, 1.54) is 17.0 Å². The molecule has 1 aliphatic rings. The van der Waals surface area contributed by atoms with Gasteiger partial charge in [0.2, 0.25) is 0 Å². The Hall–Kier alpha value is -3.46. The van der Waals surface area contributed by atoms with Crippen molar-refractivity contribution in [2.75, 3.05) is 0 Å². The number of carboxylic acid groups (broad SMARTS) is 1. The highest BCUT2D eigenvalue weighted by molar-refractivity contribution is 6.29. The van der Waals surface area contributed by atoms with Crippen LogP contribution in [0, 0.1) is 5.92 Å². The fourth-order valence-electron chi connectivity index (χ4n) is 4.60. The van der Waals surface area contributed by atoms with Gasteiger partial charge in [-0.1, -0.05) is 67.6 Å². The summed E-state index contributed by atoms with van der Waals surface area (Å²) in [4.78, 5) is 25.2. The first-order valence-corrected chi connectivity index (χ1v) is 9.40. The second kappa shape index (κ2) is 6.03. The van der Waals surface area contributed by atoms with Gasteiger partial charge in [-0.3, -0.25) is 4.79 Å². The van der Waals surface area contributed by atoms with E-state index in [1.54, 1.807) is 18.2 Å². The number of benzene rings is 4. The normalized spacial score (nSPS) is 15.9. The van der Waals surface area contributed by atoms with Crippen molar-refractivity contribution in [1.82, 2.24) is 0 Å². The summed E-state index contributed by atoms with van der Waals surface area (Å²) in [7, 11) is 0. The van der Waals surface area contributed by atoms with Gasteiger partial charge >= 0.3 is 5.97 Å². The van der Waals surface area contributed by atoms with Crippen LogP contribution < -0.4 is 5.22 Å². The molecule has 1 atom stereocenters. The van der Waals surface area contributed by atoms with Crippen molar-refractivity contribution in [3.05, 3.63) is 88.6 Å². The zero-order valence-corrected chi connectivity index (χ0v) is 15.4. The van der Waals surface area contributed by atoms with Gasteiger partial charge in [0.1, 0.15) is 0 Å². The molecule has 0 bridgehead atoms. The predicted octanol–water partition coefficient (Wildman–Crippen LogP) is 4.64. The molecule has 0 spiro atoms. The second-order valence-corrected chi connectivity index (χ2v) is 7.49. The number of carboxylic acids is 1. The van der Waals surface area contributed by atoms with Gasteiger partial charge in [-0.2, -0.15) is 0 Å². The number of carbonyl (C=O) groups is 2. The monoisotopic (exact) mass is 366 g/mol. The van der Waals surface area contributed by atoms with Crippen LogP contribution in [0.25, 0.3) is 27.1 Å². The van der Waals surface area contributed by atoms with Crippen LogP contribution in [-0.4, -0.2) is 16.9 Å². The molecule has 0 aromatic heterocycles. The third kappa shape index (κ3) is 2.29. The van der Waals surface area contributed by atoms with Crippen molar-refractivity contribution in [2.45, 2.75) is 13.3 Å². The first-order chi connectivity index (χ1) is 13.6. The van der Waals surface area contributed by atoms with E-state index in [0.717, 1.165) is 27.8 Å². The number of hydrogen-bond acceptors (Lipinski definition) is 2. The van der Waals surface area contributed by atoms with Crippen molar-refractivity contribution in [2.24, 2.45) is 5.92 Å². The lowest BCUT2D eigenvalue weighted by molar-refractivity contribution is 0.0693. The van der Waals surface area contributed by atoms with Crippen molar-refractivity contribution in [3.8, 4) is 0 Å². The minimum atomic E-state index is -1.08. The molecular weight excluding hydrogens is 348 g/mol. The molecule has 0 saturated carbocycles. The Morgan fingerprint density at radius 2 is 1.50 bits per heavy atom. The summed E-state index contributed by atoms with van der Waals surface area (Å²) in [6.07, 6.45) is 0.771. The van der Waals surface area contributed by atoms with Crippen LogP contribution in [-0.2, 0) is 6.42 Å². The average molecular weight is 366 g/mol. The highest BCUT2D eigenvalue weighted by Crippen LogP contribution is 2.34. The molecule has 0 aliphatic heterocycles.